The Bertz CT molecular complexity index is 507. The van der Waals surface area contributed by atoms with Crippen molar-refractivity contribution < 1.29 is 14.1 Å². The Morgan fingerprint density at radius 2 is 2.25 bits per heavy atom. The first-order valence-electron chi connectivity index (χ1n) is 6.03. The second kappa shape index (κ2) is 7.16. The molecule has 1 saturated heterocycles. The number of halogens is 2. The minimum atomic E-state index is -0.687. The number of piperidine rings is 1. The van der Waals surface area contributed by atoms with Gasteiger partial charge in [-0.25, -0.2) is 4.39 Å². The number of hydrogen-bond donors (Lipinski definition) is 2. The summed E-state index contributed by atoms with van der Waals surface area (Å²) in [6.07, 6.45) is 1.73. The summed E-state index contributed by atoms with van der Waals surface area (Å²) in [6, 6.07) is 2.79. The monoisotopic (exact) mass is 303 g/mol. The average molecular weight is 304 g/mol. The molecule has 1 aromatic rings. The lowest BCUT2D eigenvalue weighted by Gasteiger charge is -2.23. The number of hydrogen-bond acceptors (Lipinski definition) is 4. The number of nitrogens with one attached hydrogen (secondary N) is 2. The van der Waals surface area contributed by atoms with E-state index in [4.69, 9.17) is 0 Å². The van der Waals surface area contributed by atoms with Gasteiger partial charge in [-0.05, 0) is 31.5 Å². The molecule has 1 aliphatic rings. The van der Waals surface area contributed by atoms with Crippen LogP contribution in [0, 0.1) is 15.9 Å². The van der Waals surface area contributed by atoms with Crippen LogP contribution in [-0.4, -0.2) is 30.0 Å². The van der Waals surface area contributed by atoms with Gasteiger partial charge in [-0.15, -0.1) is 12.4 Å². The lowest BCUT2D eigenvalue weighted by molar-refractivity contribution is -0.385. The van der Waals surface area contributed by atoms with Crippen molar-refractivity contribution in [3.05, 3.63) is 39.7 Å². The summed E-state index contributed by atoms with van der Waals surface area (Å²) < 4.78 is 13.1. The van der Waals surface area contributed by atoms with Gasteiger partial charge in [-0.3, -0.25) is 14.9 Å². The van der Waals surface area contributed by atoms with Crippen LogP contribution in [0.5, 0.6) is 0 Å². The predicted molar refractivity (Wildman–Crippen MR) is 73.7 cm³/mol. The zero-order valence-electron chi connectivity index (χ0n) is 10.6. The van der Waals surface area contributed by atoms with Gasteiger partial charge >= 0.3 is 0 Å². The molecule has 1 aliphatic heterocycles. The average Bonchev–Trinajstić information content (AvgIpc) is 2.39. The van der Waals surface area contributed by atoms with Crippen LogP contribution in [-0.2, 0) is 0 Å². The Balaban J connectivity index is 0.00000200. The fourth-order valence-electron chi connectivity index (χ4n) is 2.09. The minimum absolute atomic E-state index is 0. The SMILES string of the molecule is Cl.O=C(N[C@@H]1CCCNC1)c1cc(F)ccc1[N+](=O)[O-]. The van der Waals surface area contributed by atoms with Crippen molar-refractivity contribution >= 4 is 24.0 Å². The highest BCUT2D eigenvalue weighted by atomic mass is 35.5. The molecule has 0 aromatic heterocycles. The van der Waals surface area contributed by atoms with Crippen LogP contribution < -0.4 is 10.6 Å². The van der Waals surface area contributed by atoms with Gasteiger partial charge in [-0.2, -0.15) is 0 Å². The molecule has 2 rings (SSSR count). The van der Waals surface area contributed by atoms with Crippen LogP contribution in [0.2, 0.25) is 0 Å². The van der Waals surface area contributed by atoms with E-state index in [1.165, 1.54) is 0 Å². The maximum Gasteiger partial charge on any atom is 0.282 e. The van der Waals surface area contributed by atoms with Crippen LogP contribution in [0.15, 0.2) is 18.2 Å². The third kappa shape index (κ3) is 3.88. The number of nitrogens with zero attached hydrogens (tertiary/aromatic N) is 1. The molecule has 0 radical (unpaired) electrons. The van der Waals surface area contributed by atoms with E-state index in [0.717, 1.165) is 37.6 Å². The van der Waals surface area contributed by atoms with Crippen LogP contribution in [0.4, 0.5) is 10.1 Å². The van der Waals surface area contributed by atoms with E-state index < -0.39 is 16.6 Å². The summed E-state index contributed by atoms with van der Waals surface area (Å²) in [6.45, 7) is 1.52. The normalized spacial score (nSPS) is 17.9. The highest BCUT2D eigenvalue weighted by Gasteiger charge is 2.23. The van der Waals surface area contributed by atoms with E-state index in [1.54, 1.807) is 0 Å². The van der Waals surface area contributed by atoms with Crippen molar-refractivity contribution in [2.24, 2.45) is 0 Å². The number of amides is 1. The van der Waals surface area contributed by atoms with E-state index in [1.807, 2.05) is 0 Å². The zero-order chi connectivity index (χ0) is 13.8. The number of carbonyl (C=O) groups excluding carboxylic acids is 1. The molecule has 2 N–H and O–H groups in total. The van der Waals surface area contributed by atoms with Crippen molar-refractivity contribution in [1.29, 1.82) is 0 Å². The lowest BCUT2D eigenvalue weighted by atomic mass is 10.1. The molecular formula is C12H15ClFN3O3. The van der Waals surface area contributed by atoms with Gasteiger partial charge in [0.1, 0.15) is 11.4 Å². The van der Waals surface area contributed by atoms with E-state index in [0.29, 0.717) is 6.54 Å². The summed E-state index contributed by atoms with van der Waals surface area (Å²) in [5.41, 5.74) is -0.627. The molecule has 110 valence electrons. The number of carbonyl (C=O) groups is 1. The molecule has 1 heterocycles. The molecule has 0 unspecified atom stereocenters. The van der Waals surface area contributed by atoms with E-state index >= 15 is 0 Å². The maximum absolute atomic E-state index is 13.1. The fraction of sp³-hybridized carbons (Fsp3) is 0.417. The van der Waals surface area contributed by atoms with Gasteiger partial charge in [0.15, 0.2) is 0 Å². The molecule has 1 fully saturated rings. The Morgan fingerprint density at radius 3 is 2.85 bits per heavy atom. The van der Waals surface area contributed by atoms with Crippen molar-refractivity contribution in [2.45, 2.75) is 18.9 Å². The molecular weight excluding hydrogens is 289 g/mol. The summed E-state index contributed by atoms with van der Waals surface area (Å²) in [4.78, 5) is 22.1. The van der Waals surface area contributed by atoms with Crippen LogP contribution in [0.1, 0.15) is 23.2 Å². The second-order valence-electron chi connectivity index (χ2n) is 4.44. The van der Waals surface area contributed by atoms with E-state index in [2.05, 4.69) is 10.6 Å². The fourth-order valence-corrected chi connectivity index (χ4v) is 2.09. The summed E-state index contributed by atoms with van der Waals surface area (Å²) >= 11 is 0. The van der Waals surface area contributed by atoms with E-state index in [-0.39, 0.29) is 29.7 Å². The maximum atomic E-state index is 13.1. The standard InChI is InChI=1S/C12H14FN3O3.ClH/c13-8-3-4-11(16(18)19)10(6-8)12(17)15-9-2-1-5-14-7-9;/h3-4,6,9,14H,1-2,5,7H2,(H,15,17);1H/t9-;/m1./s1. The molecule has 1 amide bonds. The van der Waals surface area contributed by atoms with Gasteiger partial charge in [-0.1, -0.05) is 0 Å². The van der Waals surface area contributed by atoms with E-state index in [9.17, 15) is 19.3 Å². The van der Waals surface area contributed by atoms with Crippen molar-refractivity contribution in [3.8, 4) is 0 Å². The summed E-state index contributed by atoms with van der Waals surface area (Å²) in [5, 5.41) is 16.6. The third-order valence-corrected chi connectivity index (χ3v) is 3.03. The number of benzene rings is 1. The van der Waals surface area contributed by atoms with Gasteiger partial charge < -0.3 is 10.6 Å². The molecule has 8 heteroatoms. The van der Waals surface area contributed by atoms with Gasteiger partial charge in [0.25, 0.3) is 11.6 Å². The highest BCUT2D eigenvalue weighted by molar-refractivity contribution is 5.98. The first kappa shape index (κ1) is 16.3. The molecule has 0 aliphatic carbocycles. The molecule has 0 spiro atoms. The molecule has 0 bridgehead atoms. The van der Waals surface area contributed by atoms with Crippen LogP contribution >= 0.6 is 12.4 Å². The molecule has 1 atom stereocenters. The number of nitro benzene ring substituents is 1. The molecule has 0 saturated carbocycles. The van der Waals surface area contributed by atoms with Crippen molar-refractivity contribution in [2.75, 3.05) is 13.1 Å². The van der Waals surface area contributed by atoms with Gasteiger partial charge in [0.2, 0.25) is 0 Å². The third-order valence-electron chi connectivity index (χ3n) is 3.03. The smallest absolute Gasteiger partial charge is 0.282 e. The van der Waals surface area contributed by atoms with Gasteiger partial charge in [0.05, 0.1) is 4.92 Å². The quantitative estimate of drug-likeness (QED) is 0.657. The second-order valence-corrected chi connectivity index (χ2v) is 4.44. The summed E-state index contributed by atoms with van der Waals surface area (Å²) in [7, 11) is 0. The molecule has 1 aromatic carbocycles. The van der Waals surface area contributed by atoms with Crippen molar-refractivity contribution in [3.63, 3.8) is 0 Å². The van der Waals surface area contributed by atoms with Crippen molar-refractivity contribution in [1.82, 2.24) is 10.6 Å². The van der Waals surface area contributed by atoms with Crippen LogP contribution in [0.3, 0.4) is 0 Å². The lowest BCUT2D eigenvalue weighted by Crippen LogP contribution is -2.45. The minimum Gasteiger partial charge on any atom is -0.348 e. The van der Waals surface area contributed by atoms with Gasteiger partial charge in [0, 0.05) is 18.7 Å². The Kier molecular flexibility index (Phi) is 5.84. The number of rotatable bonds is 3. The molecule has 20 heavy (non-hydrogen) atoms. The number of nitro groups is 1. The summed E-state index contributed by atoms with van der Waals surface area (Å²) in [5.74, 6) is -1.28. The first-order chi connectivity index (χ1) is 9.08. The predicted octanol–water partition coefficient (Wildman–Crippen LogP) is 1.64. The zero-order valence-corrected chi connectivity index (χ0v) is 11.4. The highest BCUT2D eigenvalue weighted by Crippen LogP contribution is 2.19. The Labute approximate surface area is 121 Å². The largest absolute Gasteiger partial charge is 0.348 e. The Morgan fingerprint density at radius 1 is 1.50 bits per heavy atom. The van der Waals surface area contributed by atoms with Crippen LogP contribution in [0.25, 0.3) is 0 Å². The Hall–Kier alpha value is -1.73. The topological polar surface area (TPSA) is 84.3 Å². The molecule has 6 nitrogen and oxygen atoms in total. The first-order valence-corrected chi connectivity index (χ1v) is 6.03.